The number of fused-ring (bicyclic) bond motifs is 1. The van der Waals surface area contributed by atoms with Crippen LogP contribution in [0.5, 0.6) is 0 Å². The zero-order valence-corrected chi connectivity index (χ0v) is 9.15. The highest BCUT2D eigenvalue weighted by molar-refractivity contribution is 5.25. The van der Waals surface area contributed by atoms with E-state index in [4.69, 9.17) is 5.73 Å². The second-order valence-corrected chi connectivity index (χ2v) is 4.93. The Bertz CT molecular complexity index is 350. The van der Waals surface area contributed by atoms with E-state index in [2.05, 4.69) is 9.78 Å². The van der Waals surface area contributed by atoms with Crippen LogP contribution in [-0.4, -0.2) is 9.78 Å². The van der Waals surface area contributed by atoms with Crippen LogP contribution in [0.1, 0.15) is 61.9 Å². The molecule has 2 N–H and O–H groups in total. The fraction of sp³-hybridized carbons (Fsp3) is 0.750. The van der Waals surface area contributed by atoms with Gasteiger partial charge in [0.25, 0.3) is 0 Å². The zero-order chi connectivity index (χ0) is 10.3. The molecular formula is C12H19N3. The number of rotatable bonds is 1. The molecule has 3 heteroatoms. The van der Waals surface area contributed by atoms with E-state index in [0.717, 1.165) is 6.42 Å². The van der Waals surface area contributed by atoms with Crippen molar-refractivity contribution in [2.45, 2.75) is 57.0 Å². The molecule has 1 heterocycles. The molecule has 1 saturated carbocycles. The Morgan fingerprint density at radius 2 is 2.00 bits per heavy atom. The fourth-order valence-corrected chi connectivity index (χ4v) is 3.08. The molecular weight excluding hydrogens is 186 g/mol. The van der Waals surface area contributed by atoms with E-state index in [1.807, 2.05) is 6.20 Å². The van der Waals surface area contributed by atoms with E-state index in [1.54, 1.807) is 0 Å². The molecule has 82 valence electrons. The van der Waals surface area contributed by atoms with Crippen LogP contribution in [0, 0.1) is 0 Å². The van der Waals surface area contributed by atoms with Gasteiger partial charge in [-0.1, -0.05) is 12.8 Å². The van der Waals surface area contributed by atoms with Gasteiger partial charge in [0.1, 0.15) is 0 Å². The quantitative estimate of drug-likeness (QED) is 0.764. The molecule has 0 bridgehead atoms. The summed E-state index contributed by atoms with van der Waals surface area (Å²) in [5, 5.41) is 4.57. The maximum atomic E-state index is 6.11. The average Bonchev–Trinajstić information content (AvgIpc) is 2.85. The van der Waals surface area contributed by atoms with Gasteiger partial charge in [0.2, 0.25) is 0 Å². The van der Waals surface area contributed by atoms with Crippen LogP contribution >= 0.6 is 0 Å². The van der Waals surface area contributed by atoms with E-state index in [1.165, 1.54) is 49.8 Å². The van der Waals surface area contributed by atoms with Crippen molar-refractivity contribution >= 4 is 0 Å². The Kier molecular flexibility index (Phi) is 2.28. The Balaban J connectivity index is 1.95. The summed E-state index contributed by atoms with van der Waals surface area (Å²) in [6.07, 6.45) is 10.9. The first-order valence-corrected chi connectivity index (χ1v) is 6.18. The van der Waals surface area contributed by atoms with E-state index in [9.17, 15) is 0 Å². The van der Waals surface area contributed by atoms with Crippen LogP contribution in [-0.2, 0) is 6.42 Å². The van der Waals surface area contributed by atoms with Gasteiger partial charge in [-0.15, -0.1) is 0 Å². The second-order valence-electron chi connectivity index (χ2n) is 4.93. The minimum absolute atomic E-state index is 0.240. The average molecular weight is 205 g/mol. The lowest BCUT2D eigenvalue weighted by Gasteiger charge is -2.21. The third-order valence-electron chi connectivity index (χ3n) is 3.93. The van der Waals surface area contributed by atoms with Crippen molar-refractivity contribution in [2.24, 2.45) is 5.73 Å². The summed E-state index contributed by atoms with van der Waals surface area (Å²) >= 11 is 0. The molecule has 1 atom stereocenters. The number of nitrogens with zero attached hydrogens (tertiary/aromatic N) is 2. The van der Waals surface area contributed by atoms with Gasteiger partial charge in [0.05, 0.1) is 12.2 Å². The van der Waals surface area contributed by atoms with Crippen LogP contribution in [0.15, 0.2) is 6.20 Å². The van der Waals surface area contributed by atoms with Crippen LogP contribution < -0.4 is 5.73 Å². The van der Waals surface area contributed by atoms with Gasteiger partial charge in [-0.25, -0.2) is 0 Å². The molecule has 0 aromatic carbocycles. The van der Waals surface area contributed by atoms with Gasteiger partial charge in [-0.2, -0.15) is 5.10 Å². The Hall–Kier alpha value is -0.830. The van der Waals surface area contributed by atoms with E-state index in [0.29, 0.717) is 6.04 Å². The molecule has 1 unspecified atom stereocenters. The summed E-state index contributed by atoms with van der Waals surface area (Å²) in [5.74, 6) is 0. The molecule has 0 aliphatic heterocycles. The normalized spacial score (nSPS) is 26.9. The lowest BCUT2D eigenvalue weighted by atomic mass is 9.93. The van der Waals surface area contributed by atoms with E-state index < -0.39 is 0 Å². The van der Waals surface area contributed by atoms with Crippen LogP contribution in [0.4, 0.5) is 0 Å². The van der Waals surface area contributed by atoms with Gasteiger partial charge < -0.3 is 5.73 Å². The molecule has 0 saturated heterocycles. The summed E-state index contributed by atoms with van der Waals surface area (Å²) in [4.78, 5) is 0. The largest absolute Gasteiger partial charge is 0.324 e. The topological polar surface area (TPSA) is 43.8 Å². The minimum Gasteiger partial charge on any atom is -0.324 e. The summed E-state index contributed by atoms with van der Waals surface area (Å²) in [6, 6.07) is 0.906. The number of aromatic nitrogens is 2. The van der Waals surface area contributed by atoms with Gasteiger partial charge in [-0.05, 0) is 32.1 Å². The monoisotopic (exact) mass is 205 g/mol. The standard InChI is InChI=1S/C12H19N3/c13-11-6-3-7-12-10(11)8-14-15(12)9-4-1-2-5-9/h8-9,11H,1-7,13H2. The van der Waals surface area contributed by atoms with Crippen molar-refractivity contribution in [3.63, 3.8) is 0 Å². The Morgan fingerprint density at radius 3 is 2.80 bits per heavy atom. The predicted octanol–water partition coefficient (Wildman–Crippen LogP) is 2.33. The summed E-state index contributed by atoms with van der Waals surface area (Å²) in [7, 11) is 0. The molecule has 0 amide bonds. The number of nitrogens with two attached hydrogens (primary N) is 1. The molecule has 2 aliphatic carbocycles. The Labute approximate surface area is 90.7 Å². The molecule has 1 aromatic rings. The SMILES string of the molecule is NC1CCCc2c1cnn2C1CCCC1. The molecule has 0 radical (unpaired) electrons. The van der Waals surface area contributed by atoms with Gasteiger partial charge >= 0.3 is 0 Å². The van der Waals surface area contributed by atoms with Crippen molar-refractivity contribution in [2.75, 3.05) is 0 Å². The smallest absolute Gasteiger partial charge is 0.0540 e. The first-order chi connectivity index (χ1) is 7.36. The molecule has 3 nitrogen and oxygen atoms in total. The molecule has 3 rings (SSSR count). The lowest BCUT2D eigenvalue weighted by Crippen LogP contribution is -2.19. The second kappa shape index (κ2) is 3.63. The van der Waals surface area contributed by atoms with Crippen LogP contribution in [0.25, 0.3) is 0 Å². The van der Waals surface area contributed by atoms with Gasteiger partial charge in [0, 0.05) is 17.3 Å². The number of hydrogen-bond acceptors (Lipinski definition) is 2. The molecule has 2 aliphatic rings. The third-order valence-corrected chi connectivity index (χ3v) is 3.93. The van der Waals surface area contributed by atoms with Crippen molar-refractivity contribution < 1.29 is 0 Å². The first-order valence-electron chi connectivity index (χ1n) is 6.18. The molecule has 1 aromatic heterocycles. The molecule has 0 spiro atoms. The summed E-state index contributed by atoms with van der Waals surface area (Å²) < 4.78 is 2.28. The van der Waals surface area contributed by atoms with Crippen LogP contribution in [0.2, 0.25) is 0 Å². The third kappa shape index (κ3) is 1.49. The minimum atomic E-state index is 0.240. The molecule has 15 heavy (non-hydrogen) atoms. The summed E-state index contributed by atoms with van der Waals surface area (Å²) in [5.41, 5.74) is 8.85. The lowest BCUT2D eigenvalue weighted by molar-refractivity contribution is 0.435. The highest BCUT2D eigenvalue weighted by Gasteiger charge is 2.26. The van der Waals surface area contributed by atoms with Crippen LogP contribution in [0.3, 0.4) is 0 Å². The highest BCUT2D eigenvalue weighted by Crippen LogP contribution is 2.34. The maximum absolute atomic E-state index is 6.11. The fourth-order valence-electron chi connectivity index (χ4n) is 3.08. The predicted molar refractivity (Wildman–Crippen MR) is 59.6 cm³/mol. The molecule has 1 fully saturated rings. The van der Waals surface area contributed by atoms with Crippen molar-refractivity contribution in [3.05, 3.63) is 17.5 Å². The highest BCUT2D eigenvalue weighted by atomic mass is 15.3. The number of hydrogen-bond donors (Lipinski definition) is 1. The van der Waals surface area contributed by atoms with Crippen molar-refractivity contribution in [1.29, 1.82) is 0 Å². The van der Waals surface area contributed by atoms with E-state index in [-0.39, 0.29) is 6.04 Å². The van der Waals surface area contributed by atoms with Gasteiger partial charge in [-0.3, -0.25) is 4.68 Å². The Morgan fingerprint density at radius 1 is 1.20 bits per heavy atom. The van der Waals surface area contributed by atoms with Crippen molar-refractivity contribution in [3.8, 4) is 0 Å². The summed E-state index contributed by atoms with van der Waals surface area (Å²) in [6.45, 7) is 0. The van der Waals surface area contributed by atoms with E-state index >= 15 is 0 Å². The first kappa shape index (κ1) is 9.40. The maximum Gasteiger partial charge on any atom is 0.0540 e. The zero-order valence-electron chi connectivity index (χ0n) is 9.15. The van der Waals surface area contributed by atoms with Crippen molar-refractivity contribution in [1.82, 2.24) is 9.78 Å². The van der Waals surface area contributed by atoms with Gasteiger partial charge in [0.15, 0.2) is 0 Å².